The Bertz CT molecular complexity index is 114. The minimum absolute atomic E-state index is 0.127. The molecule has 1 fully saturated rings. The van der Waals surface area contributed by atoms with E-state index in [-0.39, 0.29) is 5.54 Å². The molecule has 0 aromatic heterocycles. The van der Waals surface area contributed by atoms with Gasteiger partial charge in [-0.3, -0.25) is 0 Å². The third-order valence-corrected chi connectivity index (χ3v) is 3.36. The lowest BCUT2D eigenvalue weighted by Crippen LogP contribution is -2.59. The monoisotopic (exact) mass is 127 g/mol. The van der Waals surface area contributed by atoms with Crippen molar-refractivity contribution in [2.75, 3.05) is 0 Å². The molecule has 1 aliphatic carbocycles. The second-order valence-corrected chi connectivity index (χ2v) is 3.83. The Labute approximate surface area is 57.6 Å². The van der Waals surface area contributed by atoms with E-state index >= 15 is 0 Å². The van der Waals surface area contributed by atoms with E-state index in [4.69, 9.17) is 5.73 Å². The van der Waals surface area contributed by atoms with Gasteiger partial charge in [0, 0.05) is 5.54 Å². The Morgan fingerprint density at radius 2 is 1.89 bits per heavy atom. The van der Waals surface area contributed by atoms with Gasteiger partial charge in [-0.15, -0.1) is 0 Å². The number of hydrogen-bond donors (Lipinski definition) is 1. The minimum Gasteiger partial charge on any atom is -0.325 e. The van der Waals surface area contributed by atoms with Crippen LogP contribution in [0, 0.1) is 5.41 Å². The fraction of sp³-hybridized carbons (Fsp3) is 1.00. The molecule has 1 rings (SSSR count). The van der Waals surface area contributed by atoms with Crippen molar-refractivity contribution in [2.24, 2.45) is 11.1 Å². The zero-order valence-corrected chi connectivity index (χ0v) is 6.70. The van der Waals surface area contributed by atoms with Crippen LogP contribution in [0.1, 0.15) is 40.0 Å². The molecule has 1 aliphatic rings. The third-order valence-electron chi connectivity index (χ3n) is 3.36. The van der Waals surface area contributed by atoms with Crippen molar-refractivity contribution in [1.29, 1.82) is 0 Å². The van der Waals surface area contributed by atoms with E-state index in [1.54, 1.807) is 0 Å². The van der Waals surface area contributed by atoms with Gasteiger partial charge in [-0.05, 0) is 31.6 Å². The van der Waals surface area contributed by atoms with Gasteiger partial charge in [0.15, 0.2) is 0 Å². The van der Waals surface area contributed by atoms with Crippen molar-refractivity contribution in [3.63, 3.8) is 0 Å². The van der Waals surface area contributed by atoms with Crippen LogP contribution in [0.25, 0.3) is 0 Å². The highest BCUT2D eigenvalue weighted by Gasteiger charge is 2.48. The summed E-state index contributed by atoms with van der Waals surface area (Å²) in [6, 6.07) is 0. The quantitative estimate of drug-likeness (QED) is 0.572. The first-order valence-electron chi connectivity index (χ1n) is 3.81. The summed E-state index contributed by atoms with van der Waals surface area (Å²) < 4.78 is 0. The first kappa shape index (κ1) is 7.07. The lowest BCUT2D eigenvalue weighted by Gasteiger charge is -2.53. The first-order chi connectivity index (χ1) is 4.02. The Hall–Kier alpha value is -0.0400. The maximum atomic E-state index is 6.01. The van der Waals surface area contributed by atoms with Gasteiger partial charge in [-0.25, -0.2) is 0 Å². The Kier molecular flexibility index (Phi) is 1.35. The summed E-state index contributed by atoms with van der Waals surface area (Å²) in [6.07, 6.45) is 3.74. The van der Waals surface area contributed by atoms with E-state index in [2.05, 4.69) is 20.8 Å². The predicted molar refractivity (Wildman–Crippen MR) is 40.2 cm³/mol. The highest BCUT2D eigenvalue weighted by atomic mass is 14.8. The smallest absolute Gasteiger partial charge is 0.0180 e. The average molecular weight is 127 g/mol. The molecular formula is C8H17N. The Balaban J connectivity index is 2.62. The second-order valence-electron chi connectivity index (χ2n) is 3.83. The van der Waals surface area contributed by atoms with Crippen LogP contribution in [0.5, 0.6) is 0 Å². The average Bonchev–Trinajstić information content (AvgIpc) is 1.84. The van der Waals surface area contributed by atoms with Crippen molar-refractivity contribution >= 4 is 0 Å². The SMILES string of the molecule is CC[C@]1(C)CCC1(C)N. The summed E-state index contributed by atoms with van der Waals surface area (Å²) in [7, 11) is 0. The van der Waals surface area contributed by atoms with Crippen LogP contribution in [-0.2, 0) is 0 Å². The highest BCUT2D eigenvalue weighted by Crippen LogP contribution is 2.49. The normalized spacial score (nSPS) is 50.7. The van der Waals surface area contributed by atoms with Crippen LogP contribution in [0.15, 0.2) is 0 Å². The standard InChI is InChI=1S/C8H17N/c1-4-7(2)5-6-8(7,3)9/h4-6,9H2,1-3H3/t7-,8?/m1/s1. The van der Waals surface area contributed by atoms with Crippen molar-refractivity contribution in [3.05, 3.63) is 0 Å². The summed E-state index contributed by atoms with van der Waals surface area (Å²) in [5, 5.41) is 0. The maximum Gasteiger partial charge on any atom is 0.0180 e. The molecule has 0 aromatic rings. The molecule has 1 nitrogen and oxygen atoms in total. The molecule has 0 bridgehead atoms. The van der Waals surface area contributed by atoms with E-state index in [9.17, 15) is 0 Å². The second kappa shape index (κ2) is 1.72. The molecule has 54 valence electrons. The summed E-state index contributed by atoms with van der Waals surface area (Å²) in [4.78, 5) is 0. The van der Waals surface area contributed by atoms with Gasteiger partial charge in [-0.1, -0.05) is 13.8 Å². The van der Waals surface area contributed by atoms with Crippen molar-refractivity contribution in [2.45, 2.75) is 45.6 Å². The van der Waals surface area contributed by atoms with Gasteiger partial charge in [0.2, 0.25) is 0 Å². The molecular weight excluding hydrogens is 110 g/mol. The van der Waals surface area contributed by atoms with Gasteiger partial charge in [0.25, 0.3) is 0 Å². The van der Waals surface area contributed by atoms with Crippen LogP contribution in [0.4, 0.5) is 0 Å². The Morgan fingerprint density at radius 3 is 1.89 bits per heavy atom. The molecule has 9 heavy (non-hydrogen) atoms. The van der Waals surface area contributed by atoms with Crippen LogP contribution >= 0.6 is 0 Å². The van der Waals surface area contributed by atoms with Gasteiger partial charge in [0.1, 0.15) is 0 Å². The van der Waals surface area contributed by atoms with Crippen LogP contribution in [0.2, 0.25) is 0 Å². The van der Waals surface area contributed by atoms with E-state index < -0.39 is 0 Å². The molecule has 2 N–H and O–H groups in total. The molecule has 0 spiro atoms. The van der Waals surface area contributed by atoms with Gasteiger partial charge < -0.3 is 5.73 Å². The summed E-state index contributed by atoms with van der Waals surface area (Å²) in [5.74, 6) is 0. The number of hydrogen-bond acceptors (Lipinski definition) is 1. The zero-order chi connectivity index (χ0) is 7.12. The van der Waals surface area contributed by atoms with Gasteiger partial charge >= 0.3 is 0 Å². The molecule has 0 radical (unpaired) electrons. The van der Waals surface area contributed by atoms with Crippen molar-refractivity contribution in [3.8, 4) is 0 Å². The number of rotatable bonds is 1. The van der Waals surface area contributed by atoms with Crippen LogP contribution < -0.4 is 5.73 Å². The molecule has 2 atom stereocenters. The van der Waals surface area contributed by atoms with E-state index in [1.165, 1.54) is 19.3 Å². The van der Waals surface area contributed by atoms with E-state index in [1.807, 2.05) is 0 Å². The summed E-state index contributed by atoms with van der Waals surface area (Å²) >= 11 is 0. The van der Waals surface area contributed by atoms with Crippen LogP contribution in [0.3, 0.4) is 0 Å². The first-order valence-corrected chi connectivity index (χ1v) is 3.81. The predicted octanol–water partition coefficient (Wildman–Crippen LogP) is 1.91. The Morgan fingerprint density at radius 1 is 1.33 bits per heavy atom. The molecule has 1 heteroatoms. The zero-order valence-electron chi connectivity index (χ0n) is 6.70. The van der Waals surface area contributed by atoms with E-state index in [0.29, 0.717) is 5.41 Å². The largest absolute Gasteiger partial charge is 0.325 e. The molecule has 0 aliphatic heterocycles. The molecule has 1 unspecified atom stereocenters. The fourth-order valence-electron chi connectivity index (χ4n) is 1.53. The minimum atomic E-state index is 0.127. The molecule has 0 heterocycles. The third kappa shape index (κ3) is 0.787. The fourth-order valence-corrected chi connectivity index (χ4v) is 1.53. The van der Waals surface area contributed by atoms with Crippen molar-refractivity contribution in [1.82, 2.24) is 0 Å². The molecule has 0 amide bonds. The molecule has 0 saturated heterocycles. The van der Waals surface area contributed by atoms with E-state index in [0.717, 1.165) is 0 Å². The highest BCUT2D eigenvalue weighted by molar-refractivity contribution is 5.05. The lowest BCUT2D eigenvalue weighted by atomic mass is 9.56. The van der Waals surface area contributed by atoms with Crippen LogP contribution in [-0.4, -0.2) is 5.54 Å². The van der Waals surface area contributed by atoms with Gasteiger partial charge in [0.05, 0.1) is 0 Å². The topological polar surface area (TPSA) is 26.0 Å². The molecule has 1 saturated carbocycles. The van der Waals surface area contributed by atoms with Crippen molar-refractivity contribution < 1.29 is 0 Å². The lowest BCUT2D eigenvalue weighted by molar-refractivity contribution is 0.0269. The summed E-state index contributed by atoms with van der Waals surface area (Å²) in [5.41, 5.74) is 6.57. The van der Waals surface area contributed by atoms with Gasteiger partial charge in [-0.2, -0.15) is 0 Å². The maximum absolute atomic E-state index is 6.01. The summed E-state index contributed by atoms with van der Waals surface area (Å²) in [6.45, 7) is 6.68. The molecule has 0 aromatic carbocycles. The number of nitrogens with two attached hydrogens (primary N) is 1.